The van der Waals surface area contributed by atoms with Gasteiger partial charge in [-0.3, -0.25) is 4.79 Å². The fourth-order valence-electron chi connectivity index (χ4n) is 4.44. The van der Waals surface area contributed by atoms with E-state index < -0.39 is 0 Å². The van der Waals surface area contributed by atoms with Crippen LogP contribution in [0.1, 0.15) is 35.6 Å². The molecule has 0 aliphatic carbocycles. The second-order valence-corrected chi connectivity index (χ2v) is 8.52. The lowest BCUT2D eigenvalue weighted by Crippen LogP contribution is -2.39. The van der Waals surface area contributed by atoms with E-state index in [0.717, 1.165) is 30.4 Å². The maximum atomic E-state index is 13.1. The van der Waals surface area contributed by atoms with Crippen molar-refractivity contribution < 1.29 is 4.79 Å². The number of nitrogens with zero attached hydrogens (tertiary/aromatic N) is 2. The summed E-state index contributed by atoms with van der Waals surface area (Å²) in [6.07, 6.45) is 4.55. The number of amides is 1. The number of nitrogens with one attached hydrogen (secondary N) is 1. The van der Waals surface area contributed by atoms with Crippen LogP contribution in [-0.2, 0) is 11.2 Å². The van der Waals surface area contributed by atoms with Crippen LogP contribution in [-0.4, -0.2) is 23.9 Å². The minimum Gasteiger partial charge on any atom is -0.379 e. The molecule has 0 atom stereocenters. The van der Waals surface area contributed by atoms with Crippen molar-refractivity contribution in [2.24, 2.45) is 5.92 Å². The Labute approximate surface area is 196 Å². The molecule has 1 aliphatic rings. The zero-order valence-electron chi connectivity index (χ0n) is 18.7. The van der Waals surface area contributed by atoms with Crippen LogP contribution in [0.15, 0.2) is 103 Å². The molecule has 4 heteroatoms. The molecule has 4 rings (SSSR count). The number of nitriles is 1. The molecule has 33 heavy (non-hydrogen) atoms. The minimum absolute atomic E-state index is 0.139. The van der Waals surface area contributed by atoms with Crippen molar-refractivity contribution in [1.82, 2.24) is 10.2 Å². The van der Waals surface area contributed by atoms with Gasteiger partial charge in [0.15, 0.2) is 0 Å². The number of piperidine rings is 1. The lowest BCUT2D eigenvalue weighted by Gasteiger charge is -2.32. The first-order valence-electron chi connectivity index (χ1n) is 11.5. The minimum atomic E-state index is -0.192. The van der Waals surface area contributed by atoms with E-state index in [1.165, 1.54) is 5.56 Å². The lowest BCUT2D eigenvalue weighted by atomic mass is 9.90. The number of likely N-dealkylation sites (tertiary alicyclic amines) is 1. The molecule has 1 fully saturated rings. The second kappa shape index (κ2) is 11.2. The van der Waals surface area contributed by atoms with Crippen LogP contribution in [0.25, 0.3) is 0 Å². The maximum absolute atomic E-state index is 13.1. The van der Waals surface area contributed by atoms with E-state index in [2.05, 4.69) is 35.7 Å². The molecular formula is C29H29N3O. The first-order chi connectivity index (χ1) is 16.2. The van der Waals surface area contributed by atoms with Crippen molar-refractivity contribution in [3.8, 4) is 6.07 Å². The average molecular weight is 436 g/mol. The largest absolute Gasteiger partial charge is 0.379 e. The predicted octanol–water partition coefficient (Wildman–Crippen LogP) is 5.25. The van der Waals surface area contributed by atoms with E-state index in [-0.39, 0.29) is 17.5 Å². The summed E-state index contributed by atoms with van der Waals surface area (Å²) >= 11 is 0. The Morgan fingerprint density at radius 3 is 1.94 bits per heavy atom. The van der Waals surface area contributed by atoms with E-state index in [0.29, 0.717) is 19.0 Å². The summed E-state index contributed by atoms with van der Waals surface area (Å²) in [5.74, 6) is 0.382. The number of benzene rings is 3. The van der Waals surface area contributed by atoms with Crippen LogP contribution >= 0.6 is 0 Å². The van der Waals surface area contributed by atoms with E-state index in [9.17, 15) is 10.1 Å². The summed E-state index contributed by atoms with van der Waals surface area (Å²) in [5, 5.41) is 13.1. The zero-order chi connectivity index (χ0) is 22.9. The Morgan fingerprint density at radius 2 is 1.42 bits per heavy atom. The van der Waals surface area contributed by atoms with Gasteiger partial charge >= 0.3 is 0 Å². The van der Waals surface area contributed by atoms with Crippen LogP contribution in [0.3, 0.4) is 0 Å². The van der Waals surface area contributed by atoms with Gasteiger partial charge in [0.05, 0.1) is 6.04 Å². The topological polar surface area (TPSA) is 56.1 Å². The highest BCUT2D eigenvalue weighted by Gasteiger charge is 2.25. The third-order valence-electron chi connectivity index (χ3n) is 6.28. The van der Waals surface area contributed by atoms with E-state index >= 15 is 0 Å². The molecule has 1 saturated heterocycles. The van der Waals surface area contributed by atoms with E-state index in [1.54, 1.807) is 6.20 Å². The van der Waals surface area contributed by atoms with Crippen molar-refractivity contribution >= 4 is 5.91 Å². The Kier molecular flexibility index (Phi) is 7.56. The van der Waals surface area contributed by atoms with Crippen molar-refractivity contribution in [2.45, 2.75) is 25.3 Å². The SMILES string of the molecule is N#C/C(=C/NC(c1ccccc1)c1ccccc1)C(=O)N1CCC(Cc2ccccc2)CC1. The van der Waals surface area contributed by atoms with Crippen molar-refractivity contribution in [3.05, 3.63) is 119 Å². The van der Waals surface area contributed by atoms with Gasteiger partial charge in [0, 0.05) is 19.3 Å². The predicted molar refractivity (Wildman–Crippen MR) is 131 cm³/mol. The summed E-state index contributed by atoms with van der Waals surface area (Å²) in [4.78, 5) is 14.9. The van der Waals surface area contributed by atoms with Crippen LogP contribution in [0, 0.1) is 17.2 Å². The van der Waals surface area contributed by atoms with Gasteiger partial charge in [-0.15, -0.1) is 0 Å². The molecule has 1 aliphatic heterocycles. The second-order valence-electron chi connectivity index (χ2n) is 8.52. The summed E-state index contributed by atoms with van der Waals surface area (Å²) in [5.41, 5.74) is 3.64. The molecule has 0 aromatic heterocycles. The summed E-state index contributed by atoms with van der Waals surface area (Å²) in [6, 6.07) is 32.6. The quantitative estimate of drug-likeness (QED) is 0.407. The van der Waals surface area contributed by atoms with Gasteiger partial charge in [0.1, 0.15) is 11.6 Å². The normalized spacial score (nSPS) is 14.7. The fourth-order valence-corrected chi connectivity index (χ4v) is 4.44. The average Bonchev–Trinajstić information content (AvgIpc) is 2.88. The Hall–Kier alpha value is -3.84. The maximum Gasteiger partial charge on any atom is 0.265 e. The monoisotopic (exact) mass is 435 g/mol. The Balaban J connectivity index is 1.41. The molecule has 0 saturated carbocycles. The highest BCUT2D eigenvalue weighted by Crippen LogP contribution is 2.24. The standard InChI is InChI=1S/C29H29N3O/c30-21-27(22-31-28(25-12-6-2-7-13-25)26-14-8-3-9-15-26)29(33)32-18-16-24(17-19-32)20-23-10-4-1-5-11-23/h1-15,22,24,28,31H,16-20H2/b27-22-. The number of carbonyl (C=O) groups excluding carboxylic acids is 1. The number of carbonyl (C=O) groups is 1. The molecule has 1 amide bonds. The molecule has 3 aromatic carbocycles. The molecule has 1 heterocycles. The van der Waals surface area contributed by atoms with Gasteiger partial charge < -0.3 is 10.2 Å². The summed E-state index contributed by atoms with van der Waals surface area (Å²) < 4.78 is 0. The molecule has 0 radical (unpaired) electrons. The Morgan fingerprint density at radius 1 is 0.909 bits per heavy atom. The van der Waals surface area contributed by atoms with Gasteiger partial charge in [-0.2, -0.15) is 5.26 Å². The molecule has 4 nitrogen and oxygen atoms in total. The number of hydrogen-bond donors (Lipinski definition) is 1. The zero-order valence-corrected chi connectivity index (χ0v) is 18.7. The first-order valence-corrected chi connectivity index (χ1v) is 11.5. The first kappa shape index (κ1) is 22.4. The van der Waals surface area contributed by atoms with Crippen LogP contribution < -0.4 is 5.32 Å². The highest BCUT2D eigenvalue weighted by atomic mass is 16.2. The van der Waals surface area contributed by atoms with Gasteiger partial charge in [-0.05, 0) is 41.9 Å². The number of hydrogen-bond acceptors (Lipinski definition) is 3. The van der Waals surface area contributed by atoms with E-state index in [1.807, 2.05) is 71.6 Å². The highest BCUT2D eigenvalue weighted by molar-refractivity contribution is 5.97. The van der Waals surface area contributed by atoms with Crippen molar-refractivity contribution in [2.75, 3.05) is 13.1 Å². The molecule has 1 N–H and O–H groups in total. The molecule has 0 bridgehead atoms. The molecule has 166 valence electrons. The van der Waals surface area contributed by atoms with Crippen molar-refractivity contribution in [1.29, 1.82) is 5.26 Å². The van der Waals surface area contributed by atoms with Gasteiger partial charge in [0.25, 0.3) is 5.91 Å². The van der Waals surface area contributed by atoms with Gasteiger partial charge in [-0.1, -0.05) is 91.0 Å². The third-order valence-corrected chi connectivity index (χ3v) is 6.28. The van der Waals surface area contributed by atoms with Gasteiger partial charge in [-0.25, -0.2) is 0 Å². The lowest BCUT2D eigenvalue weighted by molar-refractivity contribution is -0.128. The van der Waals surface area contributed by atoms with Crippen LogP contribution in [0.5, 0.6) is 0 Å². The third kappa shape index (κ3) is 5.90. The van der Waals surface area contributed by atoms with Crippen molar-refractivity contribution in [3.63, 3.8) is 0 Å². The molecule has 3 aromatic rings. The smallest absolute Gasteiger partial charge is 0.265 e. The molecular weight excluding hydrogens is 406 g/mol. The van der Waals surface area contributed by atoms with Crippen LogP contribution in [0.2, 0.25) is 0 Å². The summed E-state index contributed by atoms with van der Waals surface area (Å²) in [7, 11) is 0. The fraction of sp³-hybridized carbons (Fsp3) is 0.241. The molecule has 0 spiro atoms. The van der Waals surface area contributed by atoms with E-state index in [4.69, 9.17) is 0 Å². The summed E-state index contributed by atoms with van der Waals surface area (Å²) in [6.45, 7) is 1.38. The Bertz CT molecular complexity index is 1060. The van der Waals surface area contributed by atoms with Gasteiger partial charge in [0.2, 0.25) is 0 Å². The number of rotatable bonds is 7. The molecule has 0 unspecified atom stereocenters. The van der Waals surface area contributed by atoms with Crippen LogP contribution in [0.4, 0.5) is 0 Å².